The molecular weight excluding hydrogens is 829 g/mol. The summed E-state index contributed by atoms with van der Waals surface area (Å²) in [6.07, 6.45) is 73.7. The van der Waals surface area contributed by atoms with Crippen molar-refractivity contribution in [3.8, 4) is 0 Å². The largest absolute Gasteiger partial charge is 0.462 e. The Hall–Kier alpha value is -3.93. The smallest absolute Gasteiger partial charge is 0.306 e. The second kappa shape index (κ2) is 54.7. The van der Waals surface area contributed by atoms with Gasteiger partial charge in [0, 0.05) is 19.3 Å². The molecule has 0 amide bonds. The molecule has 0 aliphatic heterocycles. The highest BCUT2D eigenvalue weighted by Gasteiger charge is 2.19. The van der Waals surface area contributed by atoms with E-state index in [1.54, 1.807) is 0 Å². The fraction of sp³-hybridized carbons (Fsp3) is 0.656. The fourth-order valence-electron chi connectivity index (χ4n) is 7.18. The van der Waals surface area contributed by atoms with Gasteiger partial charge in [-0.25, -0.2) is 0 Å². The summed E-state index contributed by atoms with van der Waals surface area (Å²) in [4.78, 5) is 38.0. The van der Waals surface area contributed by atoms with Crippen LogP contribution in [0.2, 0.25) is 0 Å². The zero-order valence-corrected chi connectivity index (χ0v) is 43.4. The first-order valence-electron chi connectivity index (χ1n) is 27.4. The summed E-state index contributed by atoms with van der Waals surface area (Å²) in [7, 11) is 0. The molecule has 0 fully saturated rings. The minimum absolute atomic E-state index is 0.112. The van der Waals surface area contributed by atoms with Crippen molar-refractivity contribution in [2.75, 3.05) is 13.2 Å². The summed E-state index contributed by atoms with van der Waals surface area (Å²) in [5, 5.41) is 0. The third-order valence-corrected chi connectivity index (χ3v) is 11.2. The Morgan fingerprint density at radius 1 is 0.313 bits per heavy atom. The lowest BCUT2D eigenvalue weighted by Crippen LogP contribution is -2.30. The molecule has 0 saturated heterocycles. The quantitative estimate of drug-likeness (QED) is 0.0262. The Morgan fingerprint density at radius 2 is 0.582 bits per heavy atom. The van der Waals surface area contributed by atoms with Crippen LogP contribution < -0.4 is 0 Å². The lowest BCUT2D eigenvalue weighted by Gasteiger charge is -2.18. The predicted octanol–water partition coefficient (Wildman–Crippen LogP) is 18.3. The van der Waals surface area contributed by atoms with Gasteiger partial charge in [-0.05, 0) is 122 Å². The van der Waals surface area contributed by atoms with E-state index in [9.17, 15) is 14.4 Å². The van der Waals surface area contributed by atoms with E-state index < -0.39 is 6.10 Å². The molecule has 0 N–H and O–H groups in total. The van der Waals surface area contributed by atoms with Gasteiger partial charge < -0.3 is 14.2 Å². The van der Waals surface area contributed by atoms with Crippen molar-refractivity contribution in [2.24, 2.45) is 0 Å². The molecule has 6 nitrogen and oxygen atoms in total. The standard InChI is InChI=1S/C61H100O6/c1-4-7-10-13-16-19-22-25-27-29-31-33-34-36-39-42-45-48-51-54-60(63)66-57-58(56-65-59(62)53-50-47-44-41-38-24-21-18-15-12-9-6-3)67-61(64)55-52-49-46-43-40-37-35-32-30-28-26-23-20-17-14-11-8-5-2/h7,9-10,12,16,18-19,21,25,27,31-33,35-36,38-39,41,58H,4-6,8,11,13-15,17,20,22-24,26,28-30,34,37,40,42-57H2,1-3H3/b10-7-,12-9-,19-16-,21-18-,27-25-,33-31-,35-32-,39-36-,41-38-. The van der Waals surface area contributed by atoms with E-state index in [-0.39, 0.29) is 31.1 Å². The SMILES string of the molecule is CC/C=C\C/C=C\C/C=C\C/C=C\C/C=C\CCCCCC(=O)OCC(COC(=O)CCCC/C=C\C/C=C\C/C=C\CC)OC(=O)CCCCCCC/C=C\CCCCCCCCCCC. The minimum atomic E-state index is -0.813. The monoisotopic (exact) mass is 929 g/mol. The molecule has 1 unspecified atom stereocenters. The maximum absolute atomic E-state index is 12.8. The van der Waals surface area contributed by atoms with Crippen LogP contribution in [0.15, 0.2) is 109 Å². The Bertz CT molecular complexity index is 1390. The molecule has 0 radical (unpaired) electrons. The third-order valence-electron chi connectivity index (χ3n) is 11.2. The topological polar surface area (TPSA) is 78.9 Å². The summed E-state index contributed by atoms with van der Waals surface area (Å²) in [5.41, 5.74) is 0. The van der Waals surface area contributed by atoms with Crippen molar-refractivity contribution in [3.05, 3.63) is 109 Å². The van der Waals surface area contributed by atoms with Gasteiger partial charge in [0.25, 0.3) is 0 Å². The molecule has 0 aromatic heterocycles. The number of carbonyl (C=O) groups excluding carboxylic acids is 3. The van der Waals surface area contributed by atoms with Crippen molar-refractivity contribution in [1.82, 2.24) is 0 Å². The second-order valence-corrected chi connectivity index (χ2v) is 17.7. The normalized spacial score (nSPS) is 12.9. The zero-order chi connectivity index (χ0) is 48.6. The summed E-state index contributed by atoms with van der Waals surface area (Å²) < 4.78 is 16.8. The Labute approximate surface area is 412 Å². The van der Waals surface area contributed by atoms with Gasteiger partial charge in [-0.2, -0.15) is 0 Å². The van der Waals surface area contributed by atoms with Gasteiger partial charge in [-0.1, -0.05) is 207 Å². The Balaban J connectivity index is 4.48. The van der Waals surface area contributed by atoms with Gasteiger partial charge in [0.1, 0.15) is 13.2 Å². The van der Waals surface area contributed by atoms with Crippen LogP contribution in [-0.4, -0.2) is 37.2 Å². The van der Waals surface area contributed by atoms with Crippen LogP contribution in [0, 0.1) is 0 Å². The van der Waals surface area contributed by atoms with E-state index in [4.69, 9.17) is 14.2 Å². The van der Waals surface area contributed by atoms with Crippen molar-refractivity contribution < 1.29 is 28.6 Å². The molecule has 0 rings (SSSR count). The van der Waals surface area contributed by atoms with Gasteiger partial charge >= 0.3 is 17.9 Å². The molecule has 6 heteroatoms. The van der Waals surface area contributed by atoms with E-state index in [1.165, 1.54) is 70.6 Å². The van der Waals surface area contributed by atoms with Gasteiger partial charge in [0.2, 0.25) is 0 Å². The molecule has 0 aromatic carbocycles. The molecule has 0 aliphatic rings. The average Bonchev–Trinajstić information content (AvgIpc) is 3.33. The van der Waals surface area contributed by atoms with Crippen LogP contribution in [0.1, 0.15) is 239 Å². The van der Waals surface area contributed by atoms with Crippen LogP contribution in [0.3, 0.4) is 0 Å². The van der Waals surface area contributed by atoms with Gasteiger partial charge in [-0.15, -0.1) is 0 Å². The maximum atomic E-state index is 12.8. The van der Waals surface area contributed by atoms with Crippen LogP contribution in [-0.2, 0) is 28.6 Å². The summed E-state index contributed by atoms with van der Waals surface area (Å²) >= 11 is 0. The summed E-state index contributed by atoms with van der Waals surface area (Å²) in [6.45, 7) is 6.33. The first kappa shape index (κ1) is 63.1. The average molecular weight is 929 g/mol. The van der Waals surface area contributed by atoms with Crippen LogP contribution in [0.4, 0.5) is 0 Å². The molecular formula is C61H100O6. The number of unbranched alkanes of at least 4 members (excludes halogenated alkanes) is 19. The molecule has 67 heavy (non-hydrogen) atoms. The number of carbonyl (C=O) groups is 3. The van der Waals surface area contributed by atoms with Crippen molar-refractivity contribution in [1.29, 1.82) is 0 Å². The molecule has 0 aliphatic carbocycles. The first-order valence-corrected chi connectivity index (χ1v) is 27.4. The van der Waals surface area contributed by atoms with Crippen LogP contribution >= 0.6 is 0 Å². The van der Waals surface area contributed by atoms with Crippen molar-refractivity contribution in [3.63, 3.8) is 0 Å². The van der Waals surface area contributed by atoms with E-state index in [1.807, 2.05) is 0 Å². The second-order valence-electron chi connectivity index (χ2n) is 17.7. The first-order chi connectivity index (χ1) is 33.0. The van der Waals surface area contributed by atoms with Gasteiger partial charge in [0.15, 0.2) is 6.10 Å². The molecule has 0 heterocycles. The number of hydrogen-bond acceptors (Lipinski definition) is 6. The van der Waals surface area contributed by atoms with Crippen molar-refractivity contribution in [2.45, 2.75) is 245 Å². The zero-order valence-electron chi connectivity index (χ0n) is 43.4. The molecule has 0 spiro atoms. The highest BCUT2D eigenvalue weighted by molar-refractivity contribution is 5.71. The molecule has 1 atom stereocenters. The Morgan fingerprint density at radius 3 is 0.970 bits per heavy atom. The molecule has 0 aromatic rings. The number of allylic oxidation sites excluding steroid dienone is 18. The summed E-state index contributed by atoms with van der Waals surface area (Å²) in [5.74, 6) is -0.992. The fourth-order valence-corrected chi connectivity index (χ4v) is 7.18. The van der Waals surface area contributed by atoms with E-state index in [0.29, 0.717) is 19.3 Å². The van der Waals surface area contributed by atoms with E-state index in [0.717, 1.165) is 128 Å². The maximum Gasteiger partial charge on any atom is 0.306 e. The van der Waals surface area contributed by atoms with Crippen molar-refractivity contribution >= 4 is 17.9 Å². The predicted molar refractivity (Wildman–Crippen MR) is 288 cm³/mol. The molecule has 380 valence electrons. The van der Waals surface area contributed by atoms with Gasteiger partial charge in [0.05, 0.1) is 0 Å². The minimum Gasteiger partial charge on any atom is -0.462 e. The summed E-state index contributed by atoms with van der Waals surface area (Å²) in [6, 6.07) is 0. The van der Waals surface area contributed by atoms with Crippen LogP contribution in [0.5, 0.6) is 0 Å². The third kappa shape index (κ3) is 52.9. The number of ether oxygens (including phenoxy) is 3. The Kier molecular flexibility index (Phi) is 51.5. The number of hydrogen-bond donors (Lipinski definition) is 0. The highest BCUT2D eigenvalue weighted by Crippen LogP contribution is 2.13. The molecule has 0 bridgehead atoms. The lowest BCUT2D eigenvalue weighted by molar-refractivity contribution is -0.167. The number of esters is 3. The van der Waals surface area contributed by atoms with Crippen LogP contribution in [0.25, 0.3) is 0 Å². The number of rotatable bonds is 48. The highest BCUT2D eigenvalue weighted by atomic mass is 16.6. The lowest BCUT2D eigenvalue weighted by atomic mass is 10.1. The molecule has 0 saturated carbocycles. The van der Waals surface area contributed by atoms with E-state index >= 15 is 0 Å². The van der Waals surface area contributed by atoms with Gasteiger partial charge in [-0.3, -0.25) is 14.4 Å². The van der Waals surface area contributed by atoms with E-state index in [2.05, 4.69) is 130 Å².